The van der Waals surface area contributed by atoms with E-state index in [1.165, 1.54) is 5.56 Å². The Morgan fingerprint density at radius 1 is 1.00 bits per heavy atom. The average molecular weight is 386 g/mol. The van der Waals surface area contributed by atoms with Crippen LogP contribution in [0.5, 0.6) is 0 Å². The fourth-order valence-electron chi connectivity index (χ4n) is 4.69. The average Bonchev–Trinajstić information content (AvgIpc) is 3.17. The molecule has 2 aliphatic rings. The van der Waals surface area contributed by atoms with Gasteiger partial charge in [0.15, 0.2) is 0 Å². The summed E-state index contributed by atoms with van der Waals surface area (Å²) in [6.07, 6.45) is 0. The molecule has 2 saturated heterocycles. The van der Waals surface area contributed by atoms with Crippen LogP contribution in [0, 0.1) is 11.8 Å². The standard InChI is InChI=1S/C22H27N3O.ClH/c1-24-13-19-14-25(15-20(19)22(24)18-10-6-3-7-11-18)16-21(26)23-12-17-8-4-2-5-9-17;/h2-11,19-20,22H,12-16H2,1H3,(H,23,26);1H/t19-,20+,22-;/m0./s1. The van der Waals surface area contributed by atoms with E-state index in [1.54, 1.807) is 0 Å². The first-order chi connectivity index (χ1) is 12.7. The first-order valence-electron chi connectivity index (χ1n) is 9.49. The molecular weight excluding hydrogens is 358 g/mol. The molecule has 0 spiro atoms. The number of likely N-dealkylation sites (tertiary alicyclic amines) is 2. The predicted octanol–water partition coefficient (Wildman–Crippen LogP) is 2.96. The summed E-state index contributed by atoms with van der Waals surface area (Å²) in [5.41, 5.74) is 2.54. The Labute approximate surface area is 168 Å². The second-order valence-electron chi connectivity index (χ2n) is 7.68. The highest BCUT2D eigenvalue weighted by atomic mass is 35.5. The van der Waals surface area contributed by atoms with Gasteiger partial charge >= 0.3 is 0 Å². The number of halogens is 1. The van der Waals surface area contributed by atoms with Crippen LogP contribution in [0.25, 0.3) is 0 Å². The molecule has 0 unspecified atom stereocenters. The Bertz CT molecular complexity index is 740. The molecule has 2 fully saturated rings. The lowest BCUT2D eigenvalue weighted by Crippen LogP contribution is -2.37. The number of fused-ring (bicyclic) bond motifs is 1. The summed E-state index contributed by atoms with van der Waals surface area (Å²) < 4.78 is 0. The van der Waals surface area contributed by atoms with E-state index in [9.17, 15) is 4.79 Å². The van der Waals surface area contributed by atoms with Gasteiger partial charge in [-0.05, 0) is 30.0 Å². The van der Waals surface area contributed by atoms with E-state index >= 15 is 0 Å². The molecule has 2 aromatic carbocycles. The molecule has 0 aliphatic carbocycles. The van der Waals surface area contributed by atoms with Gasteiger partial charge in [-0.15, -0.1) is 12.4 Å². The van der Waals surface area contributed by atoms with Gasteiger partial charge in [0.1, 0.15) is 0 Å². The highest BCUT2D eigenvalue weighted by Crippen LogP contribution is 2.43. The molecule has 1 N–H and O–H groups in total. The number of carbonyl (C=O) groups is 1. The summed E-state index contributed by atoms with van der Waals surface area (Å²) in [6, 6.07) is 21.4. The first-order valence-corrected chi connectivity index (χ1v) is 9.49. The van der Waals surface area contributed by atoms with E-state index in [1.807, 2.05) is 30.3 Å². The summed E-state index contributed by atoms with van der Waals surface area (Å²) in [6.45, 7) is 4.26. The van der Waals surface area contributed by atoms with Gasteiger partial charge in [-0.3, -0.25) is 14.6 Å². The van der Waals surface area contributed by atoms with E-state index in [0.29, 0.717) is 31.0 Å². The Morgan fingerprint density at radius 2 is 1.67 bits per heavy atom. The van der Waals surface area contributed by atoms with Gasteiger partial charge in [0.2, 0.25) is 5.91 Å². The molecule has 2 aliphatic heterocycles. The smallest absolute Gasteiger partial charge is 0.234 e. The molecule has 0 aromatic heterocycles. The van der Waals surface area contributed by atoms with E-state index in [2.05, 4.69) is 52.5 Å². The van der Waals surface area contributed by atoms with Crippen molar-refractivity contribution < 1.29 is 4.79 Å². The van der Waals surface area contributed by atoms with Crippen molar-refractivity contribution >= 4 is 18.3 Å². The van der Waals surface area contributed by atoms with Gasteiger partial charge < -0.3 is 5.32 Å². The van der Waals surface area contributed by atoms with Crippen molar-refractivity contribution in [2.45, 2.75) is 12.6 Å². The van der Waals surface area contributed by atoms with Crippen molar-refractivity contribution in [2.75, 3.05) is 33.2 Å². The molecule has 27 heavy (non-hydrogen) atoms. The predicted molar refractivity (Wildman–Crippen MR) is 111 cm³/mol. The lowest BCUT2D eigenvalue weighted by molar-refractivity contribution is -0.122. The summed E-state index contributed by atoms with van der Waals surface area (Å²) in [7, 11) is 2.23. The van der Waals surface area contributed by atoms with E-state index in [4.69, 9.17) is 0 Å². The summed E-state index contributed by atoms with van der Waals surface area (Å²) in [5.74, 6) is 1.40. The van der Waals surface area contributed by atoms with Crippen molar-refractivity contribution in [3.63, 3.8) is 0 Å². The van der Waals surface area contributed by atoms with Crippen molar-refractivity contribution in [1.29, 1.82) is 0 Å². The molecule has 0 saturated carbocycles. The number of hydrogen-bond acceptors (Lipinski definition) is 3. The summed E-state index contributed by atoms with van der Waals surface area (Å²) in [5, 5.41) is 3.05. The minimum Gasteiger partial charge on any atom is -0.351 e. The molecule has 4 nitrogen and oxygen atoms in total. The van der Waals surface area contributed by atoms with E-state index in [0.717, 1.165) is 25.2 Å². The normalized spacial score (nSPS) is 25.0. The Kier molecular flexibility index (Phi) is 6.53. The number of nitrogens with one attached hydrogen (secondary N) is 1. The summed E-state index contributed by atoms with van der Waals surface area (Å²) >= 11 is 0. The molecule has 144 valence electrons. The lowest BCUT2D eigenvalue weighted by Gasteiger charge is -2.26. The van der Waals surface area contributed by atoms with Gasteiger partial charge in [-0.25, -0.2) is 0 Å². The molecule has 2 aromatic rings. The summed E-state index contributed by atoms with van der Waals surface area (Å²) in [4.78, 5) is 17.2. The van der Waals surface area contributed by atoms with Crippen LogP contribution in [0.3, 0.4) is 0 Å². The third kappa shape index (κ3) is 4.52. The number of rotatable bonds is 5. The first kappa shape index (κ1) is 19.9. The minimum atomic E-state index is 0. The quantitative estimate of drug-likeness (QED) is 0.859. The Hall–Kier alpha value is -1.88. The topological polar surface area (TPSA) is 35.6 Å². The fourth-order valence-corrected chi connectivity index (χ4v) is 4.69. The highest BCUT2D eigenvalue weighted by molar-refractivity contribution is 5.85. The number of benzene rings is 2. The molecule has 3 atom stereocenters. The number of hydrogen-bond donors (Lipinski definition) is 1. The van der Waals surface area contributed by atoms with Crippen molar-refractivity contribution in [3.05, 3.63) is 71.8 Å². The van der Waals surface area contributed by atoms with Crippen LogP contribution in [-0.4, -0.2) is 48.9 Å². The number of nitrogens with zero attached hydrogens (tertiary/aromatic N) is 2. The molecule has 4 rings (SSSR count). The Morgan fingerprint density at radius 3 is 2.37 bits per heavy atom. The van der Waals surface area contributed by atoms with Gasteiger partial charge in [-0.1, -0.05) is 60.7 Å². The maximum Gasteiger partial charge on any atom is 0.234 e. The number of amides is 1. The maximum atomic E-state index is 12.3. The van der Waals surface area contributed by atoms with Crippen LogP contribution < -0.4 is 5.32 Å². The molecule has 1 amide bonds. The fraction of sp³-hybridized carbons (Fsp3) is 0.409. The van der Waals surface area contributed by atoms with Crippen LogP contribution in [-0.2, 0) is 11.3 Å². The van der Waals surface area contributed by atoms with Crippen LogP contribution in [0.2, 0.25) is 0 Å². The largest absolute Gasteiger partial charge is 0.351 e. The molecule has 0 bridgehead atoms. The third-order valence-electron chi connectivity index (χ3n) is 5.81. The molecular formula is C22H28ClN3O. The van der Waals surface area contributed by atoms with Gasteiger partial charge in [0.05, 0.1) is 6.54 Å². The zero-order chi connectivity index (χ0) is 17.9. The minimum absolute atomic E-state index is 0. The van der Waals surface area contributed by atoms with Crippen LogP contribution in [0.4, 0.5) is 0 Å². The van der Waals surface area contributed by atoms with Gasteiger partial charge in [0.25, 0.3) is 0 Å². The lowest BCUT2D eigenvalue weighted by atomic mass is 9.90. The van der Waals surface area contributed by atoms with Gasteiger partial charge in [0, 0.05) is 32.2 Å². The van der Waals surface area contributed by atoms with Crippen LogP contribution in [0.1, 0.15) is 17.2 Å². The third-order valence-corrected chi connectivity index (χ3v) is 5.81. The van der Waals surface area contributed by atoms with Gasteiger partial charge in [-0.2, -0.15) is 0 Å². The highest BCUT2D eigenvalue weighted by Gasteiger charge is 2.46. The zero-order valence-corrected chi connectivity index (χ0v) is 16.6. The van der Waals surface area contributed by atoms with Crippen molar-refractivity contribution in [1.82, 2.24) is 15.1 Å². The number of carbonyl (C=O) groups excluding carboxylic acids is 1. The molecule has 2 heterocycles. The van der Waals surface area contributed by atoms with Crippen LogP contribution in [0.15, 0.2) is 60.7 Å². The van der Waals surface area contributed by atoms with E-state index < -0.39 is 0 Å². The second-order valence-corrected chi connectivity index (χ2v) is 7.68. The molecule has 0 radical (unpaired) electrons. The van der Waals surface area contributed by atoms with Crippen molar-refractivity contribution in [2.24, 2.45) is 11.8 Å². The monoisotopic (exact) mass is 385 g/mol. The second kappa shape index (κ2) is 8.87. The van der Waals surface area contributed by atoms with Crippen molar-refractivity contribution in [3.8, 4) is 0 Å². The molecule has 5 heteroatoms. The SMILES string of the molecule is CN1C[C@H]2CN(CC(=O)NCc3ccccc3)C[C@H]2[C@@H]1c1ccccc1.Cl. The maximum absolute atomic E-state index is 12.3. The van der Waals surface area contributed by atoms with E-state index in [-0.39, 0.29) is 18.3 Å². The zero-order valence-electron chi connectivity index (χ0n) is 15.8. The van der Waals surface area contributed by atoms with Crippen LogP contribution >= 0.6 is 12.4 Å². The Balaban J connectivity index is 0.00000210.